The Labute approximate surface area is 91.7 Å². The van der Waals surface area contributed by atoms with Crippen molar-refractivity contribution in [2.45, 2.75) is 6.42 Å². The lowest BCUT2D eigenvalue weighted by Crippen LogP contribution is -2.14. The molecule has 0 aromatic carbocycles. The summed E-state index contributed by atoms with van der Waals surface area (Å²) in [4.78, 5) is 15.5. The first-order valence-electron chi connectivity index (χ1n) is 4.90. The minimum atomic E-state index is -0.115. The van der Waals surface area contributed by atoms with Gasteiger partial charge in [-0.15, -0.1) is 0 Å². The van der Waals surface area contributed by atoms with Crippen LogP contribution in [0, 0.1) is 0 Å². The zero-order chi connectivity index (χ0) is 11.5. The number of aromatic nitrogens is 3. The van der Waals surface area contributed by atoms with Crippen molar-refractivity contribution in [1.29, 1.82) is 0 Å². The number of nitrogens with two attached hydrogens (primary N) is 1. The van der Waals surface area contributed by atoms with Crippen molar-refractivity contribution in [2.24, 2.45) is 12.8 Å². The number of aryl methyl sites for hydroxylation is 1. The number of nitrogens with zero attached hydrogens (tertiary/aromatic N) is 3. The van der Waals surface area contributed by atoms with Crippen LogP contribution in [0.4, 0.5) is 0 Å². The van der Waals surface area contributed by atoms with E-state index >= 15 is 0 Å². The Morgan fingerprint density at radius 3 is 3.06 bits per heavy atom. The summed E-state index contributed by atoms with van der Waals surface area (Å²) in [6.45, 7) is 0.468. The lowest BCUT2D eigenvalue weighted by atomic mass is 10.2. The Morgan fingerprint density at radius 2 is 2.38 bits per heavy atom. The third-order valence-corrected chi connectivity index (χ3v) is 2.19. The topological polar surface area (TPSA) is 86.9 Å². The first-order valence-corrected chi connectivity index (χ1v) is 4.90. The van der Waals surface area contributed by atoms with E-state index in [0.29, 0.717) is 30.2 Å². The molecule has 0 atom stereocenters. The number of pyridine rings is 1. The third-order valence-electron chi connectivity index (χ3n) is 2.19. The summed E-state index contributed by atoms with van der Waals surface area (Å²) >= 11 is 0. The summed E-state index contributed by atoms with van der Waals surface area (Å²) < 4.78 is 6.51. The van der Waals surface area contributed by atoms with Gasteiger partial charge < -0.3 is 14.8 Å². The van der Waals surface area contributed by atoms with Crippen LogP contribution in [0.5, 0.6) is 0 Å². The molecule has 0 saturated heterocycles. The largest absolute Gasteiger partial charge is 0.334 e. The van der Waals surface area contributed by atoms with Crippen molar-refractivity contribution in [3.05, 3.63) is 34.5 Å². The maximum absolute atomic E-state index is 11.4. The van der Waals surface area contributed by atoms with E-state index in [9.17, 15) is 4.79 Å². The van der Waals surface area contributed by atoms with Gasteiger partial charge in [0.1, 0.15) is 0 Å². The van der Waals surface area contributed by atoms with Gasteiger partial charge in [-0.05, 0) is 12.6 Å². The Bertz CT molecular complexity index is 544. The van der Waals surface area contributed by atoms with E-state index < -0.39 is 0 Å². The van der Waals surface area contributed by atoms with Crippen molar-refractivity contribution in [3.8, 4) is 11.5 Å². The molecule has 2 N–H and O–H groups in total. The molecule has 0 aliphatic carbocycles. The van der Waals surface area contributed by atoms with E-state index in [1.165, 1.54) is 10.6 Å². The zero-order valence-corrected chi connectivity index (χ0v) is 8.88. The van der Waals surface area contributed by atoms with Crippen molar-refractivity contribution < 1.29 is 4.52 Å². The molecule has 6 nitrogen and oxygen atoms in total. The molecule has 2 aromatic heterocycles. The molecule has 0 saturated carbocycles. The van der Waals surface area contributed by atoms with Gasteiger partial charge in [0, 0.05) is 31.3 Å². The molecule has 0 aliphatic rings. The molecule has 16 heavy (non-hydrogen) atoms. The van der Waals surface area contributed by atoms with Crippen molar-refractivity contribution in [3.63, 3.8) is 0 Å². The van der Waals surface area contributed by atoms with Gasteiger partial charge in [0.05, 0.1) is 0 Å². The van der Waals surface area contributed by atoms with Gasteiger partial charge in [-0.1, -0.05) is 5.16 Å². The highest BCUT2D eigenvalue weighted by Gasteiger charge is 2.08. The van der Waals surface area contributed by atoms with Crippen LogP contribution in [0.25, 0.3) is 11.5 Å². The van der Waals surface area contributed by atoms with Crippen molar-refractivity contribution >= 4 is 0 Å². The van der Waals surface area contributed by atoms with Crippen LogP contribution in [0.15, 0.2) is 27.6 Å². The number of rotatable bonds is 3. The quantitative estimate of drug-likeness (QED) is 0.782. The van der Waals surface area contributed by atoms with E-state index in [0.717, 1.165) is 0 Å². The SMILES string of the molecule is Cn1ccc(-c2nc(CCN)no2)cc1=O. The van der Waals surface area contributed by atoms with Crippen LogP contribution in [-0.2, 0) is 13.5 Å². The summed E-state index contributed by atoms with van der Waals surface area (Å²) in [5.74, 6) is 0.902. The molecule has 0 radical (unpaired) electrons. The summed E-state index contributed by atoms with van der Waals surface area (Å²) in [7, 11) is 1.68. The monoisotopic (exact) mass is 220 g/mol. The molecule has 0 unspecified atom stereocenters. The maximum atomic E-state index is 11.4. The van der Waals surface area contributed by atoms with Crippen LogP contribution in [0.2, 0.25) is 0 Å². The highest BCUT2D eigenvalue weighted by molar-refractivity contribution is 5.51. The van der Waals surface area contributed by atoms with Crippen LogP contribution in [-0.4, -0.2) is 21.3 Å². The third kappa shape index (κ3) is 2.01. The standard InChI is InChI=1S/C10H12N4O2/c1-14-5-3-7(6-9(14)15)10-12-8(2-4-11)13-16-10/h3,5-6H,2,4,11H2,1H3. The Hall–Kier alpha value is -1.95. The first-order chi connectivity index (χ1) is 7.70. The second-order valence-electron chi connectivity index (χ2n) is 3.42. The van der Waals surface area contributed by atoms with Crippen LogP contribution >= 0.6 is 0 Å². The van der Waals surface area contributed by atoms with Gasteiger partial charge in [0.25, 0.3) is 11.4 Å². The molecular weight excluding hydrogens is 208 g/mol. The number of hydrogen-bond acceptors (Lipinski definition) is 5. The second kappa shape index (κ2) is 4.28. The normalized spacial score (nSPS) is 10.6. The lowest BCUT2D eigenvalue weighted by molar-refractivity contribution is 0.422. The van der Waals surface area contributed by atoms with Crippen LogP contribution in [0.3, 0.4) is 0 Å². The molecule has 0 spiro atoms. The van der Waals surface area contributed by atoms with Crippen LogP contribution in [0.1, 0.15) is 5.82 Å². The fraction of sp³-hybridized carbons (Fsp3) is 0.300. The summed E-state index contributed by atoms with van der Waals surface area (Å²) in [5, 5.41) is 3.76. The average molecular weight is 220 g/mol. The first kappa shape index (κ1) is 10.6. The molecule has 0 fully saturated rings. The van der Waals surface area contributed by atoms with E-state index in [4.69, 9.17) is 10.3 Å². The van der Waals surface area contributed by atoms with Gasteiger partial charge in [-0.25, -0.2) is 0 Å². The van der Waals surface area contributed by atoms with Gasteiger partial charge in [0.2, 0.25) is 0 Å². The molecule has 2 aromatic rings. The van der Waals surface area contributed by atoms with E-state index in [1.807, 2.05) is 0 Å². The van der Waals surface area contributed by atoms with E-state index in [1.54, 1.807) is 19.3 Å². The summed E-state index contributed by atoms with van der Waals surface area (Å²) in [5.41, 5.74) is 5.89. The molecular formula is C10H12N4O2. The molecule has 2 heterocycles. The van der Waals surface area contributed by atoms with Crippen molar-refractivity contribution in [2.75, 3.05) is 6.54 Å². The molecule has 2 rings (SSSR count). The molecule has 0 aliphatic heterocycles. The average Bonchev–Trinajstić information content (AvgIpc) is 2.71. The van der Waals surface area contributed by atoms with E-state index in [-0.39, 0.29) is 5.56 Å². The lowest BCUT2D eigenvalue weighted by Gasteiger charge is -1.96. The smallest absolute Gasteiger partial charge is 0.258 e. The molecule has 84 valence electrons. The minimum absolute atomic E-state index is 0.115. The highest BCUT2D eigenvalue weighted by Crippen LogP contribution is 2.14. The predicted molar refractivity (Wildman–Crippen MR) is 57.7 cm³/mol. The minimum Gasteiger partial charge on any atom is -0.334 e. The molecule has 6 heteroatoms. The summed E-state index contributed by atoms with van der Waals surface area (Å²) in [6.07, 6.45) is 2.22. The van der Waals surface area contributed by atoms with Gasteiger partial charge in [-0.3, -0.25) is 4.79 Å². The van der Waals surface area contributed by atoms with Crippen LogP contribution < -0.4 is 11.3 Å². The zero-order valence-electron chi connectivity index (χ0n) is 8.88. The summed E-state index contributed by atoms with van der Waals surface area (Å²) in [6, 6.07) is 3.21. The predicted octanol–water partition coefficient (Wildman–Crippen LogP) is -0.0635. The van der Waals surface area contributed by atoms with Gasteiger partial charge in [0.15, 0.2) is 5.82 Å². The van der Waals surface area contributed by atoms with Gasteiger partial charge >= 0.3 is 0 Å². The fourth-order valence-corrected chi connectivity index (χ4v) is 1.28. The van der Waals surface area contributed by atoms with Gasteiger partial charge in [-0.2, -0.15) is 4.98 Å². The Morgan fingerprint density at radius 1 is 1.56 bits per heavy atom. The molecule has 0 bridgehead atoms. The number of hydrogen-bond donors (Lipinski definition) is 1. The second-order valence-corrected chi connectivity index (χ2v) is 3.42. The Balaban J connectivity index is 2.35. The molecule has 0 amide bonds. The highest BCUT2D eigenvalue weighted by atomic mass is 16.5. The van der Waals surface area contributed by atoms with E-state index in [2.05, 4.69) is 10.1 Å². The fourth-order valence-electron chi connectivity index (χ4n) is 1.28. The maximum Gasteiger partial charge on any atom is 0.258 e. The van der Waals surface area contributed by atoms with Crippen molar-refractivity contribution in [1.82, 2.24) is 14.7 Å². The Kier molecular flexibility index (Phi) is 2.82.